The standard InChI is InChI=1S/C57H40N4/c1-57(2)48-19-9-12-22-52(48)60(53-23-13-10-20-49(53)57)43-32-28-39(29-33-43)42-31-35-51-47(36-42)45-18-8-11-21-50(45)61(51)56-58-54(41-26-24-38(25-27-41)37-14-4-3-5-15-37)46-34-30-40-16-6-7-17-44(40)55(46)59-56/h3-36H,1-2H3. The largest absolute Gasteiger partial charge is 0.310 e. The van der Waals surface area contributed by atoms with Gasteiger partial charge in [0.15, 0.2) is 0 Å². The monoisotopic (exact) mass is 780 g/mol. The van der Waals surface area contributed by atoms with Gasteiger partial charge in [-0.25, -0.2) is 9.97 Å². The van der Waals surface area contributed by atoms with Crippen LogP contribution in [0.3, 0.4) is 0 Å². The molecule has 0 unspecified atom stereocenters. The maximum atomic E-state index is 5.45. The maximum absolute atomic E-state index is 5.45. The molecule has 2 aromatic heterocycles. The van der Waals surface area contributed by atoms with Crippen LogP contribution in [0.15, 0.2) is 206 Å². The quantitative estimate of drug-likeness (QED) is 0.163. The summed E-state index contributed by atoms with van der Waals surface area (Å²) in [5.74, 6) is 0.652. The third kappa shape index (κ3) is 5.53. The zero-order chi connectivity index (χ0) is 40.7. The third-order valence-corrected chi connectivity index (χ3v) is 12.8. The van der Waals surface area contributed by atoms with Crippen molar-refractivity contribution in [1.29, 1.82) is 0 Å². The Kier molecular flexibility index (Phi) is 7.85. The Morgan fingerprint density at radius 3 is 1.70 bits per heavy atom. The van der Waals surface area contributed by atoms with Gasteiger partial charge in [-0.3, -0.25) is 4.57 Å². The van der Waals surface area contributed by atoms with Crippen molar-refractivity contribution >= 4 is 60.5 Å². The Morgan fingerprint density at radius 2 is 0.951 bits per heavy atom. The molecule has 1 aliphatic heterocycles. The molecule has 4 nitrogen and oxygen atoms in total. The second kappa shape index (κ2) is 13.6. The second-order valence-corrected chi connectivity index (χ2v) is 16.6. The number of nitrogens with zero attached hydrogens (tertiary/aromatic N) is 4. The van der Waals surface area contributed by atoms with Crippen LogP contribution in [-0.4, -0.2) is 14.5 Å². The van der Waals surface area contributed by atoms with Crippen LogP contribution >= 0.6 is 0 Å². The number of hydrogen-bond acceptors (Lipinski definition) is 3. The van der Waals surface area contributed by atoms with Gasteiger partial charge in [0.1, 0.15) is 0 Å². The molecule has 0 N–H and O–H groups in total. The summed E-state index contributed by atoms with van der Waals surface area (Å²) in [5, 5.41) is 5.61. The van der Waals surface area contributed by atoms with E-state index in [0.717, 1.165) is 71.6 Å². The Hall–Kier alpha value is -7.82. The van der Waals surface area contributed by atoms with Crippen molar-refractivity contribution in [3.8, 4) is 39.5 Å². The molecule has 0 fully saturated rings. The van der Waals surface area contributed by atoms with Gasteiger partial charge in [0.25, 0.3) is 0 Å². The highest BCUT2D eigenvalue weighted by atomic mass is 15.2. The van der Waals surface area contributed by atoms with Crippen LogP contribution in [0, 0.1) is 0 Å². The minimum Gasteiger partial charge on any atom is -0.310 e. The van der Waals surface area contributed by atoms with E-state index in [9.17, 15) is 0 Å². The first-order valence-electron chi connectivity index (χ1n) is 21.0. The maximum Gasteiger partial charge on any atom is 0.235 e. The van der Waals surface area contributed by atoms with Crippen molar-refractivity contribution in [1.82, 2.24) is 14.5 Å². The average molecular weight is 781 g/mol. The zero-order valence-corrected chi connectivity index (χ0v) is 33.9. The molecule has 0 spiro atoms. The zero-order valence-electron chi connectivity index (χ0n) is 33.9. The number of rotatable bonds is 5. The van der Waals surface area contributed by atoms with Gasteiger partial charge in [0, 0.05) is 38.2 Å². The van der Waals surface area contributed by atoms with Crippen molar-refractivity contribution in [2.75, 3.05) is 4.90 Å². The number of fused-ring (bicyclic) bond motifs is 8. The first-order chi connectivity index (χ1) is 30.0. The molecule has 0 amide bonds. The summed E-state index contributed by atoms with van der Waals surface area (Å²) in [6.07, 6.45) is 0. The molecule has 12 rings (SSSR count). The van der Waals surface area contributed by atoms with Crippen molar-refractivity contribution in [3.05, 3.63) is 217 Å². The molecular formula is C57H40N4. The van der Waals surface area contributed by atoms with Gasteiger partial charge in [-0.2, -0.15) is 0 Å². The van der Waals surface area contributed by atoms with Crippen LogP contribution in [0.1, 0.15) is 25.0 Å². The van der Waals surface area contributed by atoms with Gasteiger partial charge < -0.3 is 4.90 Å². The third-order valence-electron chi connectivity index (χ3n) is 12.8. The van der Waals surface area contributed by atoms with Crippen molar-refractivity contribution < 1.29 is 0 Å². The van der Waals surface area contributed by atoms with Crippen molar-refractivity contribution in [2.24, 2.45) is 0 Å². The predicted molar refractivity (Wildman–Crippen MR) is 255 cm³/mol. The molecule has 0 atom stereocenters. The van der Waals surface area contributed by atoms with E-state index in [2.05, 4.69) is 230 Å². The first-order valence-corrected chi connectivity index (χ1v) is 21.0. The summed E-state index contributed by atoms with van der Waals surface area (Å²) >= 11 is 0. The average Bonchev–Trinajstić information content (AvgIpc) is 3.65. The Morgan fingerprint density at radius 1 is 0.393 bits per heavy atom. The van der Waals surface area contributed by atoms with Gasteiger partial charge >= 0.3 is 0 Å². The van der Waals surface area contributed by atoms with E-state index in [1.807, 2.05) is 0 Å². The van der Waals surface area contributed by atoms with Crippen molar-refractivity contribution in [3.63, 3.8) is 0 Å². The highest BCUT2D eigenvalue weighted by molar-refractivity contribution is 6.12. The molecule has 61 heavy (non-hydrogen) atoms. The number of hydrogen-bond donors (Lipinski definition) is 0. The Bertz CT molecular complexity index is 3440. The summed E-state index contributed by atoms with van der Waals surface area (Å²) in [6, 6.07) is 74.3. The molecule has 3 heterocycles. The number of para-hydroxylation sites is 3. The fraction of sp³-hybridized carbons (Fsp3) is 0.0526. The summed E-state index contributed by atoms with van der Waals surface area (Å²) in [4.78, 5) is 13.3. The van der Waals surface area contributed by atoms with Crippen LogP contribution in [0.25, 0.3) is 82.9 Å². The Balaban J connectivity index is 0.992. The lowest BCUT2D eigenvalue weighted by molar-refractivity contribution is 0.632. The van der Waals surface area contributed by atoms with Crippen LogP contribution in [-0.2, 0) is 5.41 Å². The van der Waals surface area contributed by atoms with E-state index in [1.165, 1.54) is 33.6 Å². The van der Waals surface area contributed by atoms with E-state index >= 15 is 0 Å². The van der Waals surface area contributed by atoms with Gasteiger partial charge in [-0.15, -0.1) is 0 Å². The van der Waals surface area contributed by atoms with E-state index in [4.69, 9.17) is 9.97 Å². The SMILES string of the molecule is CC1(C)c2ccccc2N(c2ccc(-c3ccc4c(c3)c3ccccc3n4-c3nc(-c4ccc(-c5ccccc5)cc4)c4ccc5ccccc5c4n3)cc2)c2ccccc21. The molecule has 0 aliphatic carbocycles. The minimum absolute atomic E-state index is 0.0976. The molecule has 0 saturated heterocycles. The lowest BCUT2D eigenvalue weighted by Gasteiger charge is -2.42. The summed E-state index contributed by atoms with van der Waals surface area (Å²) in [5.41, 5.74) is 15.9. The molecule has 288 valence electrons. The van der Waals surface area contributed by atoms with Crippen LogP contribution in [0.4, 0.5) is 17.1 Å². The number of aromatic nitrogens is 3. The Labute approximate surface area is 354 Å². The highest BCUT2D eigenvalue weighted by Gasteiger charge is 2.36. The molecule has 0 radical (unpaired) electrons. The summed E-state index contributed by atoms with van der Waals surface area (Å²) in [7, 11) is 0. The van der Waals surface area contributed by atoms with Gasteiger partial charge in [0.05, 0.1) is 33.6 Å². The van der Waals surface area contributed by atoms with E-state index in [-0.39, 0.29) is 5.41 Å². The lowest BCUT2D eigenvalue weighted by Crippen LogP contribution is -2.30. The van der Waals surface area contributed by atoms with Crippen LogP contribution in [0.2, 0.25) is 0 Å². The molecule has 4 heteroatoms. The normalized spacial score (nSPS) is 13.2. The lowest BCUT2D eigenvalue weighted by atomic mass is 9.73. The number of anilines is 3. The van der Waals surface area contributed by atoms with Crippen molar-refractivity contribution in [2.45, 2.75) is 19.3 Å². The fourth-order valence-electron chi connectivity index (χ4n) is 9.74. The summed E-state index contributed by atoms with van der Waals surface area (Å²) < 4.78 is 2.24. The molecule has 1 aliphatic rings. The predicted octanol–water partition coefficient (Wildman–Crippen LogP) is 15.0. The molecule has 0 saturated carbocycles. The van der Waals surface area contributed by atoms with Crippen LogP contribution < -0.4 is 4.90 Å². The number of benzene rings is 9. The molecular weight excluding hydrogens is 741 g/mol. The topological polar surface area (TPSA) is 34.0 Å². The van der Waals surface area contributed by atoms with E-state index in [1.54, 1.807) is 0 Å². The van der Waals surface area contributed by atoms with E-state index < -0.39 is 0 Å². The van der Waals surface area contributed by atoms with Gasteiger partial charge in [0.2, 0.25) is 5.95 Å². The fourth-order valence-corrected chi connectivity index (χ4v) is 9.74. The highest BCUT2D eigenvalue weighted by Crippen LogP contribution is 2.51. The molecule has 11 aromatic rings. The van der Waals surface area contributed by atoms with E-state index in [0.29, 0.717) is 5.95 Å². The first kappa shape index (κ1) is 35.2. The molecule has 9 aromatic carbocycles. The van der Waals surface area contributed by atoms with Crippen LogP contribution in [0.5, 0.6) is 0 Å². The van der Waals surface area contributed by atoms with Gasteiger partial charge in [-0.1, -0.05) is 172 Å². The summed E-state index contributed by atoms with van der Waals surface area (Å²) in [6.45, 7) is 4.66. The van der Waals surface area contributed by atoms with Gasteiger partial charge in [-0.05, 0) is 87.3 Å². The second-order valence-electron chi connectivity index (χ2n) is 16.6. The molecule has 0 bridgehead atoms. The minimum atomic E-state index is -0.0976. The smallest absolute Gasteiger partial charge is 0.235 e.